The van der Waals surface area contributed by atoms with E-state index in [0.717, 1.165) is 0 Å². The number of hydrogen-bond acceptors (Lipinski definition) is 0. The summed E-state index contributed by atoms with van der Waals surface area (Å²) in [7, 11) is -0.443. The van der Waals surface area contributed by atoms with Crippen LogP contribution in [0.4, 0.5) is 4.11 Å². The van der Waals surface area contributed by atoms with E-state index in [9.17, 15) is 4.11 Å². The summed E-state index contributed by atoms with van der Waals surface area (Å²) in [5.74, 6) is 0. The van der Waals surface area contributed by atoms with Crippen molar-refractivity contribution < 1.29 is 4.11 Å². The lowest BCUT2D eigenvalue weighted by Crippen LogP contribution is -1.73. The predicted molar refractivity (Wildman–Crippen MR) is 20.7 cm³/mol. The molecule has 4 heavy (non-hydrogen) atoms. The van der Waals surface area contributed by atoms with Crippen molar-refractivity contribution in [2.45, 2.75) is 0 Å². The van der Waals surface area contributed by atoms with Crippen LogP contribution in [0.1, 0.15) is 0 Å². The molecule has 0 amide bonds. The maximum atomic E-state index is 10.7. The van der Waals surface area contributed by atoms with Crippen LogP contribution < -0.4 is 0 Å². The van der Waals surface area contributed by atoms with Crippen molar-refractivity contribution in [1.29, 1.82) is 0 Å². The van der Waals surface area contributed by atoms with Gasteiger partial charge in [0, 0.05) is 4.95 Å². The minimum absolute atomic E-state index is 0.443. The molecule has 0 saturated carbocycles. The topological polar surface area (TPSA) is 0 Å². The molecule has 0 aliphatic rings. The molecule has 0 atom stereocenters. The van der Waals surface area contributed by atoms with E-state index in [1.165, 1.54) is 0 Å². The van der Waals surface area contributed by atoms with Gasteiger partial charge in [0.2, 0.25) is 0 Å². The van der Waals surface area contributed by atoms with Crippen molar-refractivity contribution >= 4 is 25.8 Å². The highest BCUT2D eigenvalue weighted by atomic mass is 79.9. The first-order valence-corrected chi connectivity index (χ1v) is 3.02. The summed E-state index contributed by atoms with van der Waals surface area (Å²) < 4.78 is 10.7. The Hall–Kier alpha value is 0.627. The standard InChI is InChI=1S/CH2BrFSi/c2-1-4-3/h1H2. The molecule has 0 spiro atoms. The fraction of sp³-hybridized carbons (Fsp3) is 1.00. The summed E-state index contributed by atoms with van der Waals surface area (Å²) in [6.45, 7) is 0. The van der Waals surface area contributed by atoms with Gasteiger partial charge in [0.1, 0.15) is 0 Å². The van der Waals surface area contributed by atoms with Crippen molar-refractivity contribution in [3.05, 3.63) is 0 Å². The molecule has 0 unspecified atom stereocenters. The minimum Gasteiger partial charge on any atom is -0.314 e. The molecule has 24 valence electrons. The van der Waals surface area contributed by atoms with Crippen LogP contribution in [0, 0.1) is 0 Å². The van der Waals surface area contributed by atoms with Crippen molar-refractivity contribution in [3.8, 4) is 0 Å². The third-order valence-electron chi connectivity index (χ3n) is 0.0505. The van der Waals surface area contributed by atoms with E-state index in [1.807, 2.05) is 0 Å². The van der Waals surface area contributed by atoms with Gasteiger partial charge in [0.05, 0.1) is 0 Å². The molecule has 3 heteroatoms. The summed E-state index contributed by atoms with van der Waals surface area (Å²) in [5, 5.41) is 0. The average molecular weight is 141 g/mol. The zero-order chi connectivity index (χ0) is 3.41. The Balaban J connectivity index is 1.97. The lowest BCUT2D eigenvalue weighted by atomic mass is 11.9. The lowest BCUT2D eigenvalue weighted by Gasteiger charge is -1.57. The van der Waals surface area contributed by atoms with E-state index in [2.05, 4.69) is 15.9 Å². The Labute approximate surface area is 35.5 Å². The molecule has 0 rings (SSSR count). The van der Waals surface area contributed by atoms with Gasteiger partial charge in [-0.15, -0.1) is 0 Å². The number of alkyl halides is 1. The van der Waals surface area contributed by atoms with Crippen molar-refractivity contribution in [1.82, 2.24) is 0 Å². The quantitative estimate of drug-likeness (QED) is 0.289. The van der Waals surface area contributed by atoms with Crippen LogP contribution in [0.15, 0.2) is 0 Å². The van der Waals surface area contributed by atoms with Gasteiger partial charge in [-0.3, -0.25) is 0 Å². The van der Waals surface area contributed by atoms with Crippen LogP contribution in [-0.4, -0.2) is 14.8 Å². The Bertz CT molecular complexity index is 10.0. The van der Waals surface area contributed by atoms with E-state index in [-0.39, 0.29) is 0 Å². The molecule has 2 radical (unpaired) electrons. The van der Waals surface area contributed by atoms with Gasteiger partial charge in [0.15, 0.2) is 0 Å². The second-order valence-corrected chi connectivity index (χ2v) is 2.48. The molecule has 0 bridgehead atoms. The van der Waals surface area contributed by atoms with Crippen molar-refractivity contribution in [3.63, 3.8) is 0 Å². The lowest BCUT2D eigenvalue weighted by molar-refractivity contribution is 0.876. The average Bonchev–Trinajstić information content (AvgIpc) is 1.37. The van der Waals surface area contributed by atoms with Crippen LogP contribution in [0.3, 0.4) is 0 Å². The van der Waals surface area contributed by atoms with Crippen LogP contribution >= 0.6 is 15.9 Å². The Morgan fingerprint density at radius 3 is 2.25 bits per heavy atom. The molecular weight excluding hydrogens is 139 g/mol. The highest BCUT2D eigenvalue weighted by molar-refractivity contribution is 9.09. The highest BCUT2D eigenvalue weighted by Crippen LogP contribution is 1.71. The first-order valence-electron chi connectivity index (χ1n) is 0.810. The Kier molecular flexibility index (Phi) is 4.20. The van der Waals surface area contributed by atoms with Crippen LogP contribution in [0.2, 0.25) is 0 Å². The molecular formula is CH2BrFSi. The van der Waals surface area contributed by atoms with Gasteiger partial charge >= 0.3 is 9.85 Å². The predicted octanol–water partition coefficient (Wildman–Crippen LogP) is 0.927. The number of hydrogen-bond donors (Lipinski definition) is 0. The number of rotatable bonds is 1. The molecule has 0 saturated heterocycles. The Morgan fingerprint density at radius 2 is 2.25 bits per heavy atom. The second-order valence-electron chi connectivity index (χ2n) is 0.267. The maximum absolute atomic E-state index is 10.7. The molecule has 0 aromatic heterocycles. The fourth-order valence-electron chi connectivity index (χ4n) is 0. The van der Waals surface area contributed by atoms with Gasteiger partial charge in [-0.25, -0.2) is 0 Å². The molecule has 0 nitrogen and oxygen atoms in total. The Morgan fingerprint density at radius 1 is 2.00 bits per heavy atom. The van der Waals surface area contributed by atoms with Gasteiger partial charge in [0.25, 0.3) is 0 Å². The SMILES string of the molecule is F[Si]CBr. The molecule has 0 aromatic carbocycles. The normalized spacial score (nSPS) is 7.50. The van der Waals surface area contributed by atoms with Gasteiger partial charge in [-0.2, -0.15) is 0 Å². The maximum Gasteiger partial charge on any atom is 0.306 e. The van der Waals surface area contributed by atoms with E-state index < -0.39 is 9.85 Å². The highest BCUT2D eigenvalue weighted by Gasteiger charge is 1.70. The summed E-state index contributed by atoms with van der Waals surface area (Å²) >= 11 is 2.89. The zero-order valence-electron chi connectivity index (χ0n) is 1.96. The molecule has 0 N–H and O–H groups in total. The molecule has 0 aromatic rings. The summed E-state index contributed by atoms with van der Waals surface area (Å²) in [5.41, 5.74) is 0. The van der Waals surface area contributed by atoms with Gasteiger partial charge in [-0.05, 0) is 0 Å². The van der Waals surface area contributed by atoms with Crippen molar-refractivity contribution in [2.75, 3.05) is 4.95 Å². The summed E-state index contributed by atoms with van der Waals surface area (Å²) in [4.78, 5) is 0.493. The zero-order valence-corrected chi connectivity index (χ0v) is 4.55. The van der Waals surface area contributed by atoms with Gasteiger partial charge in [-0.1, -0.05) is 15.9 Å². The van der Waals surface area contributed by atoms with Crippen LogP contribution in [-0.2, 0) is 0 Å². The van der Waals surface area contributed by atoms with Crippen LogP contribution in [0.25, 0.3) is 0 Å². The third kappa shape index (κ3) is 2.63. The second kappa shape index (κ2) is 3.63. The number of halogens is 2. The fourth-order valence-corrected chi connectivity index (χ4v) is 0. The van der Waals surface area contributed by atoms with E-state index in [4.69, 9.17) is 0 Å². The van der Waals surface area contributed by atoms with E-state index >= 15 is 0 Å². The summed E-state index contributed by atoms with van der Waals surface area (Å²) in [6.07, 6.45) is 0. The summed E-state index contributed by atoms with van der Waals surface area (Å²) in [6, 6.07) is 0. The monoisotopic (exact) mass is 140 g/mol. The molecule has 0 heterocycles. The smallest absolute Gasteiger partial charge is 0.306 e. The van der Waals surface area contributed by atoms with Gasteiger partial charge < -0.3 is 4.11 Å². The molecule has 0 aliphatic carbocycles. The van der Waals surface area contributed by atoms with Crippen molar-refractivity contribution in [2.24, 2.45) is 0 Å². The van der Waals surface area contributed by atoms with Crippen LogP contribution in [0.5, 0.6) is 0 Å². The third-order valence-corrected chi connectivity index (χ3v) is 0.787. The first-order chi connectivity index (χ1) is 1.91. The van der Waals surface area contributed by atoms with E-state index in [0.29, 0.717) is 4.95 Å². The first kappa shape index (κ1) is 4.63. The minimum atomic E-state index is -0.443. The largest absolute Gasteiger partial charge is 0.314 e. The van der Waals surface area contributed by atoms with E-state index in [1.54, 1.807) is 0 Å². The molecule has 0 fully saturated rings. The molecule has 0 aliphatic heterocycles.